The van der Waals surface area contributed by atoms with E-state index in [9.17, 15) is 0 Å². The van der Waals surface area contributed by atoms with Gasteiger partial charge in [-0.2, -0.15) is 0 Å². The Hall–Kier alpha value is -0.860. The van der Waals surface area contributed by atoms with Crippen molar-refractivity contribution >= 4 is 0 Å². The molecule has 0 radical (unpaired) electrons. The molecule has 0 aliphatic heterocycles. The summed E-state index contributed by atoms with van der Waals surface area (Å²) in [6.45, 7) is 4.71. The average Bonchev–Trinajstić information content (AvgIpc) is 2.49. The Morgan fingerprint density at radius 1 is 1.10 bits per heavy atom. The van der Waals surface area contributed by atoms with Crippen LogP contribution in [0.1, 0.15) is 57.9 Å². The van der Waals surface area contributed by atoms with Crippen molar-refractivity contribution in [3.05, 3.63) is 35.9 Å². The average molecular weight is 289 g/mol. The summed E-state index contributed by atoms with van der Waals surface area (Å²) >= 11 is 0. The number of rotatable bonds is 6. The zero-order valence-electron chi connectivity index (χ0n) is 13.9. The summed E-state index contributed by atoms with van der Waals surface area (Å²) in [5.74, 6) is 0. The van der Waals surface area contributed by atoms with Crippen LogP contribution < -0.4 is 5.73 Å². The van der Waals surface area contributed by atoms with Crippen molar-refractivity contribution in [1.29, 1.82) is 0 Å². The Bertz CT molecular complexity index is 416. The number of benzene rings is 1. The molecular formula is C19H31NO. The van der Waals surface area contributed by atoms with E-state index in [1.807, 2.05) is 7.11 Å². The van der Waals surface area contributed by atoms with Gasteiger partial charge < -0.3 is 10.5 Å². The lowest BCUT2D eigenvalue weighted by atomic mass is 9.68. The highest BCUT2D eigenvalue weighted by molar-refractivity contribution is 5.14. The Balaban J connectivity index is 1.85. The lowest BCUT2D eigenvalue weighted by Gasteiger charge is -2.46. The van der Waals surface area contributed by atoms with E-state index in [0.29, 0.717) is 5.41 Å². The summed E-state index contributed by atoms with van der Waals surface area (Å²) in [4.78, 5) is 0. The minimum Gasteiger partial charge on any atom is -0.377 e. The molecule has 1 aliphatic carbocycles. The second-order valence-corrected chi connectivity index (χ2v) is 7.42. The topological polar surface area (TPSA) is 35.2 Å². The van der Waals surface area contributed by atoms with Crippen molar-refractivity contribution in [3.63, 3.8) is 0 Å². The van der Waals surface area contributed by atoms with Gasteiger partial charge in [0.15, 0.2) is 0 Å². The van der Waals surface area contributed by atoms with Gasteiger partial charge in [-0.3, -0.25) is 0 Å². The predicted molar refractivity (Wildman–Crippen MR) is 89.3 cm³/mol. The molecule has 1 aromatic rings. The van der Waals surface area contributed by atoms with Crippen LogP contribution in [0.5, 0.6) is 0 Å². The lowest BCUT2D eigenvalue weighted by molar-refractivity contribution is -0.0800. The Morgan fingerprint density at radius 3 is 2.29 bits per heavy atom. The molecule has 2 N–H and O–H groups in total. The van der Waals surface area contributed by atoms with E-state index in [2.05, 4.69) is 44.2 Å². The predicted octanol–water partition coefficient (Wildman–Crippen LogP) is 4.32. The van der Waals surface area contributed by atoms with E-state index in [-0.39, 0.29) is 11.6 Å². The third kappa shape index (κ3) is 4.31. The SMILES string of the molecule is COC1(C(N)CCCc2ccccc2)CCC(C)(C)CC1. The van der Waals surface area contributed by atoms with E-state index < -0.39 is 0 Å². The first kappa shape index (κ1) is 16.5. The van der Waals surface area contributed by atoms with Crippen LogP contribution in [0, 0.1) is 5.41 Å². The molecule has 0 heterocycles. The number of hydrogen-bond donors (Lipinski definition) is 1. The molecule has 0 aromatic heterocycles. The van der Waals surface area contributed by atoms with Crippen molar-refractivity contribution in [1.82, 2.24) is 0 Å². The molecule has 2 heteroatoms. The molecule has 1 fully saturated rings. The summed E-state index contributed by atoms with van der Waals surface area (Å²) in [6.07, 6.45) is 7.93. The fourth-order valence-corrected chi connectivity index (χ4v) is 3.51. The maximum Gasteiger partial charge on any atom is 0.0829 e. The van der Waals surface area contributed by atoms with Crippen molar-refractivity contribution in [3.8, 4) is 0 Å². The minimum atomic E-state index is -0.0911. The molecule has 21 heavy (non-hydrogen) atoms. The third-order valence-corrected chi connectivity index (χ3v) is 5.36. The smallest absolute Gasteiger partial charge is 0.0829 e. The summed E-state index contributed by atoms with van der Waals surface area (Å²) < 4.78 is 5.91. The second kappa shape index (κ2) is 6.93. The molecule has 1 unspecified atom stereocenters. The molecular weight excluding hydrogens is 258 g/mol. The Kier molecular flexibility index (Phi) is 5.45. The number of methoxy groups -OCH3 is 1. The van der Waals surface area contributed by atoms with Gasteiger partial charge in [0.2, 0.25) is 0 Å². The first-order valence-corrected chi connectivity index (χ1v) is 8.32. The second-order valence-electron chi connectivity index (χ2n) is 7.42. The molecule has 0 spiro atoms. The summed E-state index contributed by atoms with van der Waals surface area (Å²) in [5, 5.41) is 0. The Labute approximate surface area is 130 Å². The largest absolute Gasteiger partial charge is 0.377 e. The number of hydrogen-bond acceptors (Lipinski definition) is 2. The zero-order chi connectivity index (χ0) is 15.3. The molecule has 1 aliphatic rings. The number of ether oxygens (including phenoxy) is 1. The van der Waals surface area contributed by atoms with Crippen LogP contribution in [0.4, 0.5) is 0 Å². The van der Waals surface area contributed by atoms with Crippen LogP contribution in [0.15, 0.2) is 30.3 Å². The van der Waals surface area contributed by atoms with Gasteiger partial charge in [0.05, 0.1) is 5.60 Å². The zero-order valence-corrected chi connectivity index (χ0v) is 13.9. The molecule has 1 aromatic carbocycles. The molecule has 2 rings (SSSR count). The fourth-order valence-electron chi connectivity index (χ4n) is 3.51. The van der Waals surface area contributed by atoms with Crippen molar-refractivity contribution in [2.75, 3.05) is 7.11 Å². The van der Waals surface area contributed by atoms with Crippen molar-refractivity contribution in [2.24, 2.45) is 11.1 Å². The van der Waals surface area contributed by atoms with Crippen molar-refractivity contribution in [2.45, 2.75) is 70.4 Å². The molecule has 1 atom stereocenters. The molecule has 0 saturated heterocycles. The van der Waals surface area contributed by atoms with Gasteiger partial charge in [-0.05, 0) is 55.9 Å². The van der Waals surface area contributed by atoms with Crippen molar-refractivity contribution < 1.29 is 4.74 Å². The van der Waals surface area contributed by atoms with Gasteiger partial charge in [-0.1, -0.05) is 44.2 Å². The van der Waals surface area contributed by atoms with E-state index in [0.717, 1.165) is 32.1 Å². The van der Waals surface area contributed by atoms with Gasteiger partial charge in [0.1, 0.15) is 0 Å². The molecule has 2 nitrogen and oxygen atoms in total. The van der Waals surface area contributed by atoms with Crippen LogP contribution in [0.25, 0.3) is 0 Å². The van der Waals surface area contributed by atoms with Gasteiger partial charge in [-0.15, -0.1) is 0 Å². The maximum absolute atomic E-state index is 6.52. The monoisotopic (exact) mass is 289 g/mol. The molecule has 1 saturated carbocycles. The Morgan fingerprint density at radius 2 is 1.71 bits per heavy atom. The number of aryl methyl sites for hydroxylation is 1. The minimum absolute atomic E-state index is 0.0911. The van der Waals surface area contributed by atoms with Crippen LogP contribution in [-0.4, -0.2) is 18.8 Å². The first-order valence-electron chi connectivity index (χ1n) is 8.32. The quantitative estimate of drug-likeness (QED) is 0.846. The van der Waals surface area contributed by atoms with E-state index >= 15 is 0 Å². The highest BCUT2D eigenvalue weighted by Crippen LogP contribution is 2.43. The third-order valence-electron chi connectivity index (χ3n) is 5.36. The molecule has 0 bridgehead atoms. The summed E-state index contributed by atoms with van der Waals surface area (Å²) in [7, 11) is 1.84. The first-order chi connectivity index (χ1) is 9.97. The van der Waals surface area contributed by atoms with Crippen LogP contribution in [-0.2, 0) is 11.2 Å². The summed E-state index contributed by atoms with van der Waals surface area (Å²) in [5.41, 5.74) is 8.28. The fraction of sp³-hybridized carbons (Fsp3) is 0.684. The van der Waals surface area contributed by atoms with E-state index in [1.165, 1.54) is 18.4 Å². The van der Waals surface area contributed by atoms with E-state index in [1.54, 1.807) is 0 Å². The van der Waals surface area contributed by atoms with Crippen LogP contribution in [0.2, 0.25) is 0 Å². The van der Waals surface area contributed by atoms with Crippen LogP contribution in [0.3, 0.4) is 0 Å². The van der Waals surface area contributed by atoms with Crippen LogP contribution >= 0.6 is 0 Å². The highest BCUT2D eigenvalue weighted by atomic mass is 16.5. The standard InChI is InChI=1S/C19H31NO/c1-18(2)12-14-19(21-3,15-13-18)17(20)11-7-10-16-8-5-4-6-9-16/h4-6,8-9,17H,7,10-15,20H2,1-3H3. The van der Waals surface area contributed by atoms with Gasteiger partial charge in [0, 0.05) is 13.2 Å². The summed E-state index contributed by atoms with van der Waals surface area (Å²) in [6, 6.07) is 10.8. The van der Waals surface area contributed by atoms with Gasteiger partial charge in [0.25, 0.3) is 0 Å². The van der Waals surface area contributed by atoms with E-state index in [4.69, 9.17) is 10.5 Å². The van der Waals surface area contributed by atoms with Gasteiger partial charge >= 0.3 is 0 Å². The van der Waals surface area contributed by atoms with Gasteiger partial charge in [-0.25, -0.2) is 0 Å². The number of nitrogens with two attached hydrogens (primary N) is 1. The molecule has 0 amide bonds. The normalized spacial score (nSPS) is 21.9. The highest BCUT2D eigenvalue weighted by Gasteiger charge is 2.42. The lowest BCUT2D eigenvalue weighted by Crippen LogP contribution is -2.52. The maximum atomic E-state index is 6.52. The molecule has 118 valence electrons.